The van der Waals surface area contributed by atoms with Gasteiger partial charge >= 0.3 is 5.97 Å². The monoisotopic (exact) mass is 629 g/mol. The largest absolute Gasteiger partial charge is 0.493 e. The molecule has 3 heterocycles. The number of nitro benzene ring substituents is 1. The Labute approximate surface area is 260 Å². The molecule has 230 valence electrons. The molecule has 3 aromatic carbocycles. The van der Waals surface area contributed by atoms with Crippen LogP contribution in [0.3, 0.4) is 0 Å². The van der Waals surface area contributed by atoms with Gasteiger partial charge in [0, 0.05) is 0 Å². The molecule has 4 aromatic rings. The van der Waals surface area contributed by atoms with Crippen molar-refractivity contribution in [1.82, 2.24) is 4.57 Å². The lowest BCUT2D eigenvalue weighted by Crippen LogP contribution is -2.39. The Morgan fingerprint density at radius 2 is 1.91 bits per heavy atom. The van der Waals surface area contributed by atoms with Gasteiger partial charge in [-0.25, -0.2) is 9.79 Å². The number of carbonyl (C=O) groups excluding carboxylic acids is 1. The number of carbonyl (C=O) groups is 1. The Hall–Kier alpha value is -5.43. The van der Waals surface area contributed by atoms with Gasteiger partial charge in [-0.2, -0.15) is 0 Å². The molecule has 0 spiro atoms. The molecule has 0 bridgehead atoms. The van der Waals surface area contributed by atoms with Gasteiger partial charge in [0.1, 0.15) is 6.61 Å². The van der Waals surface area contributed by atoms with Gasteiger partial charge in [-0.3, -0.25) is 19.5 Å². The highest BCUT2D eigenvalue weighted by molar-refractivity contribution is 7.07. The van der Waals surface area contributed by atoms with Crippen LogP contribution in [0.15, 0.2) is 81.7 Å². The van der Waals surface area contributed by atoms with E-state index in [-0.39, 0.29) is 52.9 Å². The molecule has 1 unspecified atom stereocenters. The second kappa shape index (κ2) is 12.3. The number of ether oxygens (including phenoxy) is 5. The zero-order chi connectivity index (χ0) is 31.7. The molecule has 45 heavy (non-hydrogen) atoms. The van der Waals surface area contributed by atoms with E-state index in [9.17, 15) is 19.7 Å². The van der Waals surface area contributed by atoms with Crippen molar-refractivity contribution < 1.29 is 33.4 Å². The summed E-state index contributed by atoms with van der Waals surface area (Å²) >= 11 is 1.05. The van der Waals surface area contributed by atoms with E-state index < -0.39 is 22.5 Å². The zero-order valence-corrected chi connectivity index (χ0v) is 25.3. The van der Waals surface area contributed by atoms with Crippen molar-refractivity contribution in [3.63, 3.8) is 0 Å². The topological polar surface area (TPSA) is 141 Å². The first-order valence-electron chi connectivity index (χ1n) is 13.9. The highest BCUT2D eigenvalue weighted by Gasteiger charge is 2.34. The third-order valence-corrected chi connectivity index (χ3v) is 8.25. The number of nitro groups is 1. The fourth-order valence-corrected chi connectivity index (χ4v) is 6.22. The predicted molar refractivity (Wildman–Crippen MR) is 163 cm³/mol. The van der Waals surface area contributed by atoms with Crippen LogP contribution in [0.2, 0.25) is 0 Å². The third-order valence-electron chi connectivity index (χ3n) is 7.26. The predicted octanol–water partition coefficient (Wildman–Crippen LogP) is 4.02. The Morgan fingerprint density at radius 3 is 2.64 bits per heavy atom. The number of fused-ring (bicyclic) bond motifs is 2. The van der Waals surface area contributed by atoms with E-state index in [2.05, 4.69) is 4.99 Å². The lowest BCUT2D eigenvalue weighted by molar-refractivity contribution is -0.385. The second-order valence-corrected chi connectivity index (χ2v) is 11.0. The van der Waals surface area contributed by atoms with Crippen LogP contribution in [0.25, 0.3) is 6.08 Å². The van der Waals surface area contributed by atoms with E-state index in [0.717, 1.165) is 16.9 Å². The molecule has 0 saturated heterocycles. The van der Waals surface area contributed by atoms with Crippen LogP contribution >= 0.6 is 11.3 Å². The number of allylic oxidation sites excluding steroid dienone is 1. The van der Waals surface area contributed by atoms with Gasteiger partial charge in [-0.15, -0.1) is 0 Å². The van der Waals surface area contributed by atoms with Crippen LogP contribution in [0.4, 0.5) is 5.69 Å². The number of aromatic nitrogens is 1. The van der Waals surface area contributed by atoms with Crippen molar-refractivity contribution in [3.05, 3.63) is 118 Å². The molecule has 6 rings (SSSR count). The first kappa shape index (κ1) is 29.6. The van der Waals surface area contributed by atoms with Crippen LogP contribution in [0.5, 0.6) is 23.0 Å². The number of nitrogens with zero attached hydrogens (tertiary/aromatic N) is 3. The fourth-order valence-electron chi connectivity index (χ4n) is 5.18. The number of benzene rings is 3. The second-order valence-electron chi connectivity index (χ2n) is 10.0. The average molecular weight is 630 g/mol. The maximum absolute atomic E-state index is 14.1. The number of rotatable bonds is 9. The Balaban J connectivity index is 1.47. The minimum Gasteiger partial charge on any atom is -0.493 e. The molecule has 0 saturated carbocycles. The molecular weight excluding hydrogens is 602 g/mol. The zero-order valence-electron chi connectivity index (χ0n) is 24.5. The highest BCUT2D eigenvalue weighted by atomic mass is 32.1. The van der Waals surface area contributed by atoms with Crippen molar-refractivity contribution in [2.45, 2.75) is 26.5 Å². The number of methoxy groups -OCH3 is 1. The van der Waals surface area contributed by atoms with Crippen molar-refractivity contribution in [3.8, 4) is 23.0 Å². The summed E-state index contributed by atoms with van der Waals surface area (Å²) in [5.74, 6) is 0.854. The van der Waals surface area contributed by atoms with Gasteiger partial charge in [0.25, 0.3) is 11.2 Å². The van der Waals surface area contributed by atoms with Crippen molar-refractivity contribution >= 4 is 29.1 Å². The summed E-state index contributed by atoms with van der Waals surface area (Å²) in [5, 5.41) is 12.2. The minimum atomic E-state index is -0.893. The summed E-state index contributed by atoms with van der Waals surface area (Å²) in [6.45, 7) is 3.73. The Morgan fingerprint density at radius 1 is 1.13 bits per heavy atom. The van der Waals surface area contributed by atoms with Crippen LogP contribution in [0.1, 0.15) is 36.6 Å². The van der Waals surface area contributed by atoms with Gasteiger partial charge in [0.05, 0.1) is 52.1 Å². The summed E-state index contributed by atoms with van der Waals surface area (Å²) in [4.78, 5) is 43.8. The van der Waals surface area contributed by atoms with Gasteiger partial charge in [-0.1, -0.05) is 47.7 Å². The highest BCUT2D eigenvalue weighted by Crippen LogP contribution is 2.39. The van der Waals surface area contributed by atoms with Gasteiger partial charge < -0.3 is 23.7 Å². The van der Waals surface area contributed by atoms with Crippen LogP contribution in [-0.2, 0) is 16.1 Å². The number of thiazole rings is 1. The van der Waals surface area contributed by atoms with E-state index in [1.54, 1.807) is 32.0 Å². The van der Waals surface area contributed by atoms with E-state index in [1.165, 1.54) is 29.9 Å². The maximum Gasteiger partial charge on any atom is 0.338 e. The molecule has 12 nitrogen and oxygen atoms in total. The third kappa shape index (κ3) is 5.65. The Bertz CT molecular complexity index is 2030. The minimum absolute atomic E-state index is 0.0550. The van der Waals surface area contributed by atoms with Crippen molar-refractivity contribution in [2.24, 2.45) is 4.99 Å². The molecule has 2 aliphatic rings. The fraction of sp³-hybridized carbons (Fsp3) is 0.219. The average Bonchev–Trinajstić information content (AvgIpc) is 3.63. The molecule has 13 heteroatoms. The summed E-state index contributed by atoms with van der Waals surface area (Å²) in [5.41, 5.74) is 1.40. The first-order chi connectivity index (χ1) is 21.8. The molecule has 0 fully saturated rings. The van der Waals surface area contributed by atoms with E-state index >= 15 is 0 Å². The summed E-state index contributed by atoms with van der Waals surface area (Å²) in [6.07, 6.45) is 1.42. The molecule has 0 amide bonds. The van der Waals surface area contributed by atoms with Crippen LogP contribution in [-0.4, -0.2) is 36.0 Å². The number of esters is 1. The van der Waals surface area contributed by atoms with Gasteiger partial charge in [0.15, 0.2) is 27.8 Å². The number of hydrogen-bond donors (Lipinski definition) is 0. The summed E-state index contributed by atoms with van der Waals surface area (Å²) < 4.78 is 29.3. The van der Waals surface area contributed by atoms with Gasteiger partial charge in [0.2, 0.25) is 6.79 Å². The lowest BCUT2D eigenvalue weighted by Gasteiger charge is -2.24. The molecule has 0 aliphatic carbocycles. The van der Waals surface area contributed by atoms with E-state index in [0.29, 0.717) is 27.6 Å². The smallest absolute Gasteiger partial charge is 0.338 e. The SMILES string of the molecule is CCOC(=O)C1=C(C)N=c2s/c(=C\c3cc(OC)c(OCc4ccccc4)cc3[N+](=O)[O-])c(=O)n2C1c1ccc2c(c1)OCO2. The standard InChI is InChI=1S/C32H27N3O9S/c1-4-41-31(37)28-18(2)33-32-34(29(28)20-10-11-23-25(12-20)44-17-43-23)30(36)27(45-32)14-21-13-24(40-3)26(15-22(21)35(38)39)42-16-19-8-6-5-7-9-19/h5-15,29H,4,16-17H2,1-3H3/b27-14-. The summed E-state index contributed by atoms with van der Waals surface area (Å²) in [6, 6.07) is 16.4. The first-order valence-corrected chi connectivity index (χ1v) is 14.7. The maximum atomic E-state index is 14.1. The summed E-state index contributed by atoms with van der Waals surface area (Å²) in [7, 11) is 1.43. The number of hydrogen-bond acceptors (Lipinski definition) is 11. The van der Waals surface area contributed by atoms with E-state index in [4.69, 9.17) is 23.7 Å². The van der Waals surface area contributed by atoms with Gasteiger partial charge in [-0.05, 0) is 49.2 Å². The van der Waals surface area contributed by atoms with Crippen molar-refractivity contribution in [1.29, 1.82) is 0 Å². The Kier molecular flexibility index (Phi) is 8.09. The normalized spacial score (nSPS) is 15.4. The molecule has 1 atom stereocenters. The van der Waals surface area contributed by atoms with E-state index in [1.807, 2.05) is 30.3 Å². The van der Waals surface area contributed by atoms with Crippen LogP contribution in [0, 0.1) is 10.1 Å². The molecule has 2 aliphatic heterocycles. The molecular formula is C32H27N3O9S. The molecule has 1 aromatic heterocycles. The van der Waals surface area contributed by atoms with Crippen LogP contribution < -0.4 is 33.8 Å². The quantitative estimate of drug-likeness (QED) is 0.153. The lowest BCUT2D eigenvalue weighted by atomic mass is 9.95. The molecule has 0 radical (unpaired) electrons. The van der Waals surface area contributed by atoms with Crippen molar-refractivity contribution in [2.75, 3.05) is 20.5 Å². The molecule has 0 N–H and O–H groups in total.